The molecule has 4 nitrogen and oxygen atoms in total. The molecule has 0 atom stereocenters. The van der Waals surface area contributed by atoms with Crippen molar-refractivity contribution in [3.05, 3.63) is 12.2 Å². The monoisotopic (exact) mass is 228 g/mol. The molecule has 1 aliphatic rings. The lowest BCUT2D eigenvalue weighted by Crippen LogP contribution is -2.00. The fraction of sp³-hybridized carbons (Fsp3) is 0.667. The van der Waals surface area contributed by atoms with Crippen molar-refractivity contribution in [3.8, 4) is 0 Å². The van der Waals surface area contributed by atoms with E-state index < -0.39 is 11.9 Å². The van der Waals surface area contributed by atoms with Crippen LogP contribution in [0.2, 0.25) is 0 Å². The number of rotatable bonds is 3. The second-order valence-electron chi connectivity index (χ2n) is 3.75. The Morgan fingerprint density at radius 2 is 1.19 bits per heavy atom. The van der Waals surface area contributed by atoms with Gasteiger partial charge in [-0.05, 0) is 25.7 Å². The number of carbonyl (C=O) groups is 2. The van der Waals surface area contributed by atoms with Crippen molar-refractivity contribution in [2.45, 2.75) is 51.4 Å². The zero-order valence-corrected chi connectivity index (χ0v) is 9.52. The molecular weight excluding hydrogens is 208 g/mol. The van der Waals surface area contributed by atoms with Crippen LogP contribution in [-0.4, -0.2) is 22.2 Å². The Labute approximate surface area is 96.0 Å². The molecule has 0 unspecified atom stereocenters. The average Bonchev–Trinajstić information content (AvgIpc) is 2.14. The Morgan fingerprint density at radius 3 is 1.50 bits per heavy atom. The Balaban J connectivity index is 0.000000281. The third kappa shape index (κ3) is 12.7. The second-order valence-corrected chi connectivity index (χ2v) is 3.75. The van der Waals surface area contributed by atoms with Crippen LogP contribution in [0.1, 0.15) is 51.4 Å². The lowest BCUT2D eigenvalue weighted by molar-refractivity contribution is -0.143. The van der Waals surface area contributed by atoms with Crippen molar-refractivity contribution >= 4 is 11.9 Å². The number of carboxylic acid groups (broad SMARTS) is 2. The van der Waals surface area contributed by atoms with Gasteiger partial charge in [-0.15, -0.1) is 0 Å². The smallest absolute Gasteiger partial charge is 0.303 e. The van der Waals surface area contributed by atoms with Crippen LogP contribution in [0.3, 0.4) is 0 Å². The third-order valence-corrected chi connectivity index (χ3v) is 2.21. The number of hydrogen-bond acceptors (Lipinski definition) is 2. The van der Waals surface area contributed by atoms with Crippen molar-refractivity contribution in [3.63, 3.8) is 0 Å². The van der Waals surface area contributed by atoms with Crippen molar-refractivity contribution in [1.82, 2.24) is 0 Å². The maximum absolute atomic E-state index is 9.64. The van der Waals surface area contributed by atoms with Crippen molar-refractivity contribution < 1.29 is 19.8 Å². The largest absolute Gasteiger partial charge is 0.481 e. The fourth-order valence-electron chi connectivity index (χ4n) is 1.33. The Bertz CT molecular complexity index is 209. The predicted molar refractivity (Wildman–Crippen MR) is 61.3 cm³/mol. The molecule has 0 saturated carbocycles. The van der Waals surface area contributed by atoms with E-state index in [9.17, 15) is 9.59 Å². The number of aliphatic carboxylic acids is 2. The molecule has 0 amide bonds. The summed E-state index contributed by atoms with van der Waals surface area (Å²) >= 11 is 0. The molecule has 0 radical (unpaired) electrons. The van der Waals surface area contributed by atoms with Gasteiger partial charge in [-0.25, -0.2) is 0 Å². The van der Waals surface area contributed by atoms with Gasteiger partial charge in [-0.2, -0.15) is 0 Å². The van der Waals surface area contributed by atoms with Gasteiger partial charge >= 0.3 is 11.9 Å². The van der Waals surface area contributed by atoms with E-state index in [0.29, 0.717) is 0 Å². The van der Waals surface area contributed by atoms with Gasteiger partial charge in [-0.3, -0.25) is 9.59 Å². The first-order valence-electron chi connectivity index (χ1n) is 5.71. The lowest BCUT2D eigenvalue weighted by atomic mass is 10.1. The minimum atomic E-state index is -1.08. The molecule has 1 aliphatic carbocycles. The molecule has 2 N–H and O–H groups in total. The van der Waals surface area contributed by atoms with E-state index in [4.69, 9.17) is 10.2 Å². The summed E-state index contributed by atoms with van der Waals surface area (Å²) in [7, 11) is 0. The Hall–Kier alpha value is -1.32. The van der Waals surface area contributed by atoms with Crippen LogP contribution in [0.4, 0.5) is 0 Å². The highest BCUT2D eigenvalue weighted by Crippen LogP contribution is 2.09. The van der Waals surface area contributed by atoms with Gasteiger partial charge in [0.2, 0.25) is 0 Å². The van der Waals surface area contributed by atoms with E-state index in [-0.39, 0.29) is 12.8 Å². The van der Waals surface area contributed by atoms with Gasteiger partial charge in [0.05, 0.1) is 12.8 Å². The zero-order valence-electron chi connectivity index (χ0n) is 9.52. The molecule has 92 valence electrons. The number of allylic oxidation sites excluding steroid dienone is 2. The summed E-state index contributed by atoms with van der Waals surface area (Å²) in [6.07, 6.45) is 12.4. The average molecular weight is 228 g/mol. The van der Waals surface area contributed by atoms with Crippen LogP contribution in [-0.2, 0) is 9.59 Å². The van der Waals surface area contributed by atoms with Gasteiger partial charge in [-0.1, -0.05) is 25.0 Å². The molecule has 0 aromatic heterocycles. The van der Waals surface area contributed by atoms with Gasteiger partial charge in [0, 0.05) is 0 Å². The first-order chi connectivity index (χ1) is 7.63. The van der Waals surface area contributed by atoms with E-state index in [1.165, 1.54) is 38.5 Å². The van der Waals surface area contributed by atoms with Crippen LogP contribution in [0.25, 0.3) is 0 Å². The summed E-state index contributed by atoms with van der Waals surface area (Å²) in [5, 5.41) is 15.8. The first kappa shape index (κ1) is 14.7. The van der Waals surface area contributed by atoms with Gasteiger partial charge in [0.25, 0.3) is 0 Å². The van der Waals surface area contributed by atoms with E-state index in [2.05, 4.69) is 12.2 Å². The van der Waals surface area contributed by atoms with E-state index in [1.54, 1.807) is 0 Å². The van der Waals surface area contributed by atoms with Crippen LogP contribution >= 0.6 is 0 Å². The standard InChI is InChI=1S/C8H14.C4H6O4/c1-2-4-6-8-7-5-3-1;5-3(6)1-2-4(7)8/h1-2H,3-8H2;1-2H2,(H,5,6)(H,7,8). The molecule has 1 rings (SSSR count). The zero-order chi connectivity index (χ0) is 12.2. The second kappa shape index (κ2) is 10.2. The molecule has 0 saturated heterocycles. The summed E-state index contributed by atoms with van der Waals surface area (Å²) in [6, 6.07) is 0. The van der Waals surface area contributed by atoms with Crippen molar-refractivity contribution in [2.75, 3.05) is 0 Å². The SMILES string of the molecule is C1=CCCCCCC1.O=C(O)CCC(=O)O. The normalized spacial score (nSPS) is 15.2. The van der Waals surface area contributed by atoms with Gasteiger partial charge in [0.1, 0.15) is 0 Å². The van der Waals surface area contributed by atoms with E-state index in [0.717, 1.165) is 0 Å². The maximum Gasteiger partial charge on any atom is 0.303 e. The summed E-state index contributed by atoms with van der Waals surface area (Å²) in [4.78, 5) is 19.3. The molecule has 0 aliphatic heterocycles. The lowest BCUT2D eigenvalue weighted by Gasteiger charge is -2.00. The molecule has 16 heavy (non-hydrogen) atoms. The number of hydrogen-bond donors (Lipinski definition) is 2. The topological polar surface area (TPSA) is 74.6 Å². The summed E-state index contributed by atoms with van der Waals surface area (Å²) in [5.74, 6) is -2.15. The molecule has 0 heterocycles. The Kier molecular flexibility index (Phi) is 9.36. The molecule has 0 bridgehead atoms. The fourth-order valence-corrected chi connectivity index (χ4v) is 1.33. The van der Waals surface area contributed by atoms with Gasteiger partial charge in [0.15, 0.2) is 0 Å². The Morgan fingerprint density at radius 1 is 0.812 bits per heavy atom. The quantitative estimate of drug-likeness (QED) is 0.728. The minimum absolute atomic E-state index is 0.296. The third-order valence-electron chi connectivity index (χ3n) is 2.21. The highest BCUT2D eigenvalue weighted by molar-refractivity contribution is 5.75. The summed E-state index contributed by atoms with van der Waals surface area (Å²) < 4.78 is 0. The van der Waals surface area contributed by atoms with Crippen molar-refractivity contribution in [2.24, 2.45) is 0 Å². The molecule has 0 aromatic carbocycles. The van der Waals surface area contributed by atoms with Crippen LogP contribution in [0.5, 0.6) is 0 Å². The first-order valence-corrected chi connectivity index (χ1v) is 5.71. The molecule has 0 fully saturated rings. The maximum atomic E-state index is 9.64. The van der Waals surface area contributed by atoms with Crippen LogP contribution in [0, 0.1) is 0 Å². The van der Waals surface area contributed by atoms with Crippen LogP contribution in [0.15, 0.2) is 12.2 Å². The molecule has 4 heteroatoms. The minimum Gasteiger partial charge on any atom is -0.481 e. The molecule has 0 spiro atoms. The molecular formula is C12H20O4. The van der Waals surface area contributed by atoms with Gasteiger partial charge < -0.3 is 10.2 Å². The number of carboxylic acids is 2. The molecule has 0 aromatic rings. The highest BCUT2D eigenvalue weighted by atomic mass is 16.4. The summed E-state index contributed by atoms with van der Waals surface area (Å²) in [6.45, 7) is 0. The summed E-state index contributed by atoms with van der Waals surface area (Å²) in [5.41, 5.74) is 0. The van der Waals surface area contributed by atoms with Crippen LogP contribution < -0.4 is 0 Å². The van der Waals surface area contributed by atoms with Crippen molar-refractivity contribution in [1.29, 1.82) is 0 Å². The predicted octanol–water partition coefficient (Wildman–Crippen LogP) is 2.83. The van der Waals surface area contributed by atoms with E-state index in [1.807, 2.05) is 0 Å². The van der Waals surface area contributed by atoms with E-state index >= 15 is 0 Å². The highest BCUT2D eigenvalue weighted by Gasteiger charge is 2.00.